The van der Waals surface area contributed by atoms with Crippen LogP contribution >= 0.6 is 11.3 Å². The minimum absolute atomic E-state index is 0.187. The van der Waals surface area contributed by atoms with Gasteiger partial charge < -0.3 is 5.32 Å². The van der Waals surface area contributed by atoms with Gasteiger partial charge in [0.2, 0.25) is 0 Å². The normalized spacial score (nSPS) is 10.7. The van der Waals surface area contributed by atoms with Gasteiger partial charge >= 0.3 is 6.03 Å². The van der Waals surface area contributed by atoms with Gasteiger partial charge in [-0.1, -0.05) is 43.7 Å². The Balaban J connectivity index is 2.00. The molecule has 1 heterocycles. The summed E-state index contributed by atoms with van der Waals surface area (Å²) in [5.74, 6) is 0. The van der Waals surface area contributed by atoms with E-state index in [1.807, 2.05) is 17.5 Å². The topological polar surface area (TPSA) is 54.0 Å². The second-order valence-electron chi connectivity index (χ2n) is 5.02. The highest BCUT2D eigenvalue weighted by molar-refractivity contribution is 7.14. The van der Waals surface area contributed by atoms with Crippen molar-refractivity contribution in [2.24, 2.45) is 0 Å². The number of amides is 2. The lowest BCUT2D eigenvalue weighted by Gasteiger charge is -2.14. The average molecular weight is 303 g/mol. The SMILES string of the molecule is CCC(CC)NC(=O)Nc1nc(-c2ccc(C)cc2)cs1. The van der Waals surface area contributed by atoms with Crippen LogP contribution in [0.4, 0.5) is 9.93 Å². The first kappa shape index (κ1) is 15.5. The van der Waals surface area contributed by atoms with Crippen LogP contribution in [0, 0.1) is 6.92 Å². The standard InChI is InChI=1S/C16H21N3OS/c1-4-13(5-2)17-15(20)19-16-18-14(10-21-16)12-8-6-11(3)7-9-12/h6-10,13H,4-5H2,1-3H3,(H2,17,18,19,20). The van der Waals surface area contributed by atoms with Crippen molar-refractivity contribution in [2.45, 2.75) is 39.7 Å². The zero-order valence-corrected chi connectivity index (χ0v) is 13.5. The highest BCUT2D eigenvalue weighted by Crippen LogP contribution is 2.25. The number of carbonyl (C=O) groups is 1. The van der Waals surface area contributed by atoms with Crippen LogP contribution in [-0.4, -0.2) is 17.1 Å². The Morgan fingerprint density at radius 2 is 1.90 bits per heavy atom. The van der Waals surface area contributed by atoms with Gasteiger partial charge in [-0.05, 0) is 19.8 Å². The van der Waals surface area contributed by atoms with Crippen LogP contribution in [0.3, 0.4) is 0 Å². The summed E-state index contributed by atoms with van der Waals surface area (Å²) in [5, 5.41) is 8.31. The van der Waals surface area contributed by atoms with E-state index in [4.69, 9.17) is 0 Å². The Kier molecular flexibility index (Phi) is 5.33. The van der Waals surface area contributed by atoms with Crippen molar-refractivity contribution in [3.05, 3.63) is 35.2 Å². The summed E-state index contributed by atoms with van der Waals surface area (Å²) in [5.41, 5.74) is 3.17. The second-order valence-corrected chi connectivity index (χ2v) is 5.87. The molecule has 5 heteroatoms. The molecule has 0 fully saturated rings. The van der Waals surface area contributed by atoms with Crippen molar-refractivity contribution in [1.29, 1.82) is 0 Å². The minimum Gasteiger partial charge on any atom is -0.335 e. The van der Waals surface area contributed by atoms with Gasteiger partial charge in [0.25, 0.3) is 0 Å². The van der Waals surface area contributed by atoms with E-state index in [0.29, 0.717) is 5.13 Å². The number of carbonyl (C=O) groups excluding carboxylic acids is 1. The van der Waals surface area contributed by atoms with E-state index in [-0.39, 0.29) is 12.1 Å². The molecule has 1 aromatic carbocycles. The molecular formula is C16H21N3OS. The number of anilines is 1. The molecule has 0 unspecified atom stereocenters. The molecule has 1 aromatic heterocycles. The van der Waals surface area contributed by atoms with Crippen LogP contribution in [0.1, 0.15) is 32.3 Å². The first-order valence-electron chi connectivity index (χ1n) is 7.22. The van der Waals surface area contributed by atoms with E-state index >= 15 is 0 Å². The van der Waals surface area contributed by atoms with E-state index in [0.717, 1.165) is 24.1 Å². The third-order valence-corrected chi connectivity index (χ3v) is 4.15. The Labute approximate surface area is 129 Å². The van der Waals surface area contributed by atoms with Crippen molar-refractivity contribution < 1.29 is 4.79 Å². The molecule has 0 aliphatic rings. The zero-order valence-electron chi connectivity index (χ0n) is 12.6. The van der Waals surface area contributed by atoms with E-state index in [1.54, 1.807) is 0 Å². The molecule has 2 N–H and O–H groups in total. The van der Waals surface area contributed by atoms with Gasteiger partial charge in [0, 0.05) is 17.0 Å². The fourth-order valence-electron chi connectivity index (χ4n) is 2.00. The lowest BCUT2D eigenvalue weighted by atomic mass is 10.1. The van der Waals surface area contributed by atoms with Gasteiger partial charge in [-0.2, -0.15) is 0 Å². The number of nitrogens with one attached hydrogen (secondary N) is 2. The maximum absolute atomic E-state index is 11.9. The Morgan fingerprint density at radius 1 is 1.24 bits per heavy atom. The third kappa shape index (κ3) is 4.29. The smallest absolute Gasteiger partial charge is 0.321 e. The quantitative estimate of drug-likeness (QED) is 0.858. The first-order valence-corrected chi connectivity index (χ1v) is 8.10. The summed E-state index contributed by atoms with van der Waals surface area (Å²) in [7, 11) is 0. The van der Waals surface area contributed by atoms with Gasteiger partial charge in [-0.3, -0.25) is 5.32 Å². The number of aromatic nitrogens is 1. The minimum atomic E-state index is -0.187. The Hall–Kier alpha value is -1.88. The number of benzene rings is 1. The van der Waals surface area contributed by atoms with Crippen molar-refractivity contribution in [3.63, 3.8) is 0 Å². The largest absolute Gasteiger partial charge is 0.335 e. The number of nitrogens with zero attached hydrogens (tertiary/aromatic N) is 1. The van der Waals surface area contributed by atoms with Gasteiger partial charge in [0.05, 0.1) is 5.69 Å². The van der Waals surface area contributed by atoms with Crippen LogP contribution in [0.2, 0.25) is 0 Å². The number of hydrogen-bond acceptors (Lipinski definition) is 3. The van der Waals surface area contributed by atoms with Crippen molar-refractivity contribution in [1.82, 2.24) is 10.3 Å². The predicted molar refractivity (Wildman–Crippen MR) is 88.8 cm³/mol. The molecule has 112 valence electrons. The molecule has 0 saturated carbocycles. The molecular weight excluding hydrogens is 282 g/mol. The van der Waals surface area contributed by atoms with E-state index in [2.05, 4.69) is 48.5 Å². The average Bonchev–Trinajstić information content (AvgIpc) is 2.94. The molecule has 2 aromatic rings. The highest BCUT2D eigenvalue weighted by Gasteiger charge is 2.10. The van der Waals surface area contributed by atoms with Crippen LogP contribution < -0.4 is 10.6 Å². The molecule has 0 spiro atoms. The summed E-state index contributed by atoms with van der Waals surface area (Å²) in [6, 6.07) is 8.22. The van der Waals surface area contributed by atoms with Crippen LogP contribution in [0.15, 0.2) is 29.6 Å². The van der Waals surface area contributed by atoms with Gasteiger partial charge in [0.1, 0.15) is 0 Å². The van der Waals surface area contributed by atoms with Gasteiger partial charge in [-0.25, -0.2) is 9.78 Å². The van der Waals surface area contributed by atoms with Crippen molar-refractivity contribution in [3.8, 4) is 11.3 Å². The Bertz CT molecular complexity index is 588. The van der Waals surface area contributed by atoms with Crippen LogP contribution in [0.5, 0.6) is 0 Å². The fraction of sp³-hybridized carbons (Fsp3) is 0.375. The number of urea groups is 1. The monoisotopic (exact) mass is 303 g/mol. The first-order chi connectivity index (χ1) is 10.1. The number of aryl methyl sites for hydroxylation is 1. The lowest BCUT2D eigenvalue weighted by molar-refractivity contribution is 0.247. The van der Waals surface area contributed by atoms with Crippen molar-refractivity contribution in [2.75, 3.05) is 5.32 Å². The third-order valence-electron chi connectivity index (χ3n) is 3.39. The summed E-state index contributed by atoms with van der Waals surface area (Å²) in [4.78, 5) is 16.3. The molecule has 0 aliphatic heterocycles. The highest BCUT2D eigenvalue weighted by atomic mass is 32.1. The summed E-state index contributed by atoms with van der Waals surface area (Å²) >= 11 is 1.44. The Morgan fingerprint density at radius 3 is 2.52 bits per heavy atom. The van der Waals surface area contributed by atoms with Crippen molar-refractivity contribution >= 4 is 22.5 Å². The summed E-state index contributed by atoms with van der Waals surface area (Å²) < 4.78 is 0. The second kappa shape index (κ2) is 7.22. The molecule has 4 nitrogen and oxygen atoms in total. The molecule has 21 heavy (non-hydrogen) atoms. The molecule has 0 saturated heterocycles. The lowest BCUT2D eigenvalue weighted by Crippen LogP contribution is -2.37. The summed E-state index contributed by atoms with van der Waals surface area (Å²) in [6.45, 7) is 6.18. The maximum Gasteiger partial charge on any atom is 0.321 e. The molecule has 0 bridgehead atoms. The van der Waals surface area contributed by atoms with E-state index in [1.165, 1.54) is 16.9 Å². The maximum atomic E-state index is 11.9. The number of thiazole rings is 1. The predicted octanol–water partition coefficient (Wildman–Crippen LogP) is 4.43. The molecule has 2 amide bonds. The molecule has 0 atom stereocenters. The van der Waals surface area contributed by atoms with E-state index < -0.39 is 0 Å². The van der Waals surface area contributed by atoms with Crippen LogP contribution in [-0.2, 0) is 0 Å². The number of hydrogen-bond donors (Lipinski definition) is 2. The molecule has 2 rings (SSSR count). The zero-order chi connectivity index (χ0) is 15.2. The molecule has 0 radical (unpaired) electrons. The molecule has 0 aliphatic carbocycles. The van der Waals surface area contributed by atoms with Gasteiger partial charge in [-0.15, -0.1) is 11.3 Å². The van der Waals surface area contributed by atoms with Crippen LogP contribution in [0.25, 0.3) is 11.3 Å². The summed E-state index contributed by atoms with van der Waals surface area (Å²) in [6.07, 6.45) is 1.85. The van der Waals surface area contributed by atoms with E-state index in [9.17, 15) is 4.79 Å². The van der Waals surface area contributed by atoms with Gasteiger partial charge in [0.15, 0.2) is 5.13 Å². The fourth-order valence-corrected chi connectivity index (χ4v) is 2.71. The number of rotatable bonds is 5.